The molecule has 0 heteroatoms. The molecule has 0 nitrogen and oxygen atoms in total. The van der Waals surface area contributed by atoms with Gasteiger partial charge >= 0.3 is 0 Å². The van der Waals surface area contributed by atoms with Crippen molar-refractivity contribution in [1.82, 2.24) is 0 Å². The third-order valence-electron chi connectivity index (χ3n) is 9.73. The SMILES string of the molecule is CC1(C)c2cccc3c2-c2c(c4c5cccc6c5c(cc4c4cccc1c24)-c1ccccc1-6)C3(C)C. The zero-order chi connectivity index (χ0) is 24.1. The highest BCUT2D eigenvalue weighted by atomic mass is 14.5. The normalized spacial score (nSPS) is 16.8. The largest absolute Gasteiger partial charge is 0.0616 e. The van der Waals surface area contributed by atoms with Gasteiger partial charge in [-0.15, -0.1) is 0 Å². The molecule has 6 aromatic rings. The fourth-order valence-corrected chi connectivity index (χ4v) is 8.19. The Morgan fingerprint density at radius 2 is 1.03 bits per heavy atom. The van der Waals surface area contributed by atoms with Crippen LogP contribution < -0.4 is 0 Å². The molecular weight excluding hydrogens is 432 g/mol. The van der Waals surface area contributed by atoms with E-state index in [0.29, 0.717) is 0 Å². The maximum Gasteiger partial charge on any atom is 0.0165 e. The first-order valence-corrected chi connectivity index (χ1v) is 13.1. The van der Waals surface area contributed by atoms with Crippen molar-refractivity contribution in [2.45, 2.75) is 38.5 Å². The Kier molecular flexibility index (Phi) is 3.08. The van der Waals surface area contributed by atoms with Crippen molar-refractivity contribution in [2.75, 3.05) is 0 Å². The standard InChI is InChI=1S/C36H26/c1-35(2)26-15-8-13-22-25-18-24-20-11-6-5-10-19(20)21-12-7-14-23(29(21)24)30(25)34-33(31(22)26)32-27(35)16-9-17-28(32)36(34,3)4/h5-18H,1-4H3. The Morgan fingerprint density at radius 3 is 1.83 bits per heavy atom. The van der Waals surface area contributed by atoms with Crippen LogP contribution in [0.15, 0.2) is 84.9 Å². The van der Waals surface area contributed by atoms with Crippen molar-refractivity contribution in [2.24, 2.45) is 0 Å². The van der Waals surface area contributed by atoms with Crippen LogP contribution in [0.5, 0.6) is 0 Å². The van der Waals surface area contributed by atoms with Crippen LogP contribution in [-0.4, -0.2) is 0 Å². The summed E-state index contributed by atoms with van der Waals surface area (Å²) in [6, 6.07) is 32.5. The summed E-state index contributed by atoms with van der Waals surface area (Å²) in [5.41, 5.74) is 14.4. The first kappa shape index (κ1) is 19.3. The van der Waals surface area contributed by atoms with Gasteiger partial charge in [0.1, 0.15) is 0 Å². The van der Waals surface area contributed by atoms with Crippen molar-refractivity contribution < 1.29 is 0 Å². The molecule has 0 amide bonds. The lowest BCUT2D eigenvalue weighted by molar-refractivity contribution is 0.640. The molecule has 0 radical (unpaired) electrons. The van der Waals surface area contributed by atoms with Gasteiger partial charge in [-0.25, -0.2) is 0 Å². The molecule has 0 saturated carbocycles. The van der Waals surface area contributed by atoms with Crippen molar-refractivity contribution in [3.63, 3.8) is 0 Å². The Morgan fingerprint density at radius 1 is 0.417 bits per heavy atom. The van der Waals surface area contributed by atoms with Gasteiger partial charge in [0.2, 0.25) is 0 Å². The average molecular weight is 459 g/mol. The maximum absolute atomic E-state index is 2.52. The summed E-state index contributed by atoms with van der Waals surface area (Å²) < 4.78 is 0. The molecule has 0 atom stereocenters. The van der Waals surface area contributed by atoms with E-state index in [1.807, 2.05) is 0 Å². The summed E-state index contributed by atoms with van der Waals surface area (Å²) in [6.07, 6.45) is 0. The molecule has 0 aromatic heterocycles. The highest BCUT2D eigenvalue weighted by molar-refractivity contribution is 6.31. The second kappa shape index (κ2) is 5.73. The molecule has 3 aliphatic rings. The fourth-order valence-electron chi connectivity index (χ4n) is 8.19. The molecule has 0 N–H and O–H groups in total. The minimum Gasteiger partial charge on any atom is -0.0616 e. The third-order valence-corrected chi connectivity index (χ3v) is 9.73. The van der Waals surface area contributed by atoms with E-state index in [1.165, 1.54) is 88.0 Å². The maximum atomic E-state index is 2.52. The summed E-state index contributed by atoms with van der Waals surface area (Å²) >= 11 is 0. The summed E-state index contributed by atoms with van der Waals surface area (Å²) in [6.45, 7) is 9.73. The van der Waals surface area contributed by atoms with Gasteiger partial charge in [0.25, 0.3) is 0 Å². The van der Waals surface area contributed by atoms with Gasteiger partial charge in [-0.2, -0.15) is 0 Å². The minimum atomic E-state index is -0.0635. The second-order valence-corrected chi connectivity index (χ2v) is 12.1. The average Bonchev–Trinajstić information content (AvgIpc) is 3.34. The van der Waals surface area contributed by atoms with Crippen molar-refractivity contribution in [3.05, 3.63) is 107 Å². The van der Waals surface area contributed by atoms with Crippen LogP contribution in [0.25, 0.3) is 65.7 Å². The number of hydrogen-bond acceptors (Lipinski definition) is 0. The number of rotatable bonds is 0. The smallest absolute Gasteiger partial charge is 0.0165 e. The lowest BCUT2D eigenvalue weighted by Gasteiger charge is -2.35. The van der Waals surface area contributed by atoms with E-state index in [4.69, 9.17) is 0 Å². The van der Waals surface area contributed by atoms with Crippen LogP contribution >= 0.6 is 0 Å². The Labute approximate surface area is 211 Å². The number of fused-ring (bicyclic) bond motifs is 7. The summed E-state index contributed by atoms with van der Waals surface area (Å²) in [5, 5.41) is 8.57. The Bertz CT molecular complexity index is 2030. The van der Waals surface area contributed by atoms with Crippen LogP contribution in [0.1, 0.15) is 49.9 Å². The molecule has 0 unspecified atom stereocenters. The topological polar surface area (TPSA) is 0 Å². The number of benzene rings is 6. The highest BCUT2D eigenvalue weighted by Crippen LogP contribution is 2.63. The molecule has 6 aromatic carbocycles. The number of hydrogen-bond donors (Lipinski definition) is 0. The Hall–Kier alpha value is -3.90. The van der Waals surface area contributed by atoms with E-state index in [0.717, 1.165) is 0 Å². The minimum absolute atomic E-state index is 0.0311. The van der Waals surface area contributed by atoms with Crippen LogP contribution in [0, 0.1) is 0 Å². The van der Waals surface area contributed by atoms with Crippen molar-refractivity contribution in [1.29, 1.82) is 0 Å². The molecule has 0 bridgehead atoms. The molecular formula is C36H26. The fraction of sp³-hybridized carbons (Fsp3) is 0.167. The van der Waals surface area contributed by atoms with Gasteiger partial charge < -0.3 is 0 Å². The van der Waals surface area contributed by atoms with Gasteiger partial charge in [-0.3, -0.25) is 0 Å². The zero-order valence-corrected chi connectivity index (χ0v) is 21.1. The van der Waals surface area contributed by atoms with E-state index >= 15 is 0 Å². The molecule has 0 fully saturated rings. The van der Waals surface area contributed by atoms with E-state index < -0.39 is 0 Å². The van der Waals surface area contributed by atoms with E-state index in [1.54, 1.807) is 0 Å². The molecule has 170 valence electrons. The predicted octanol–water partition coefficient (Wildman–Crippen LogP) is 9.74. The molecule has 9 rings (SSSR count). The molecule has 0 heterocycles. The zero-order valence-electron chi connectivity index (χ0n) is 21.1. The summed E-state index contributed by atoms with van der Waals surface area (Å²) in [5.74, 6) is 0. The van der Waals surface area contributed by atoms with Gasteiger partial charge in [0.05, 0.1) is 0 Å². The lowest BCUT2D eigenvalue weighted by atomic mass is 9.68. The van der Waals surface area contributed by atoms with Gasteiger partial charge in [-0.05, 0) is 94.0 Å². The van der Waals surface area contributed by atoms with Crippen LogP contribution in [0.4, 0.5) is 0 Å². The molecule has 0 aliphatic heterocycles. The summed E-state index contributed by atoms with van der Waals surface area (Å²) in [4.78, 5) is 0. The van der Waals surface area contributed by atoms with Crippen LogP contribution in [0.3, 0.4) is 0 Å². The molecule has 0 saturated heterocycles. The Balaban J connectivity index is 1.64. The van der Waals surface area contributed by atoms with E-state index in [9.17, 15) is 0 Å². The van der Waals surface area contributed by atoms with Gasteiger partial charge in [-0.1, -0.05) is 107 Å². The van der Waals surface area contributed by atoms with E-state index in [-0.39, 0.29) is 10.8 Å². The van der Waals surface area contributed by atoms with Gasteiger partial charge in [0, 0.05) is 10.8 Å². The second-order valence-electron chi connectivity index (χ2n) is 12.1. The molecule has 3 aliphatic carbocycles. The van der Waals surface area contributed by atoms with E-state index in [2.05, 4.69) is 113 Å². The summed E-state index contributed by atoms with van der Waals surface area (Å²) in [7, 11) is 0. The quantitative estimate of drug-likeness (QED) is 0.198. The van der Waals surface area contributed by atoms with Crippen molar-refractivity contribution in [3.8, 4) is 33.4 Å². The lowest BCUT2D eigenvalue weighted by Crippen LogP contribution is -2.23. The first-order chi connectivity index (χ1) is 17.4. The first-order valence-electron chi connectivity index (χ1n) is 13.1. The van der Waals surface area contributed by atoms with Crippen molar-refractivity contribution >= 4 is 32.3 Å². The molecule has 0 spiro atoms. The van der Waals surface area contributed by atoms with Crippen LogP contribution in [-0.2, 0) is 10.8 Å². The molecule has 36 heavy (non-hydrogen) atoms. The third kappa shape index (κ3) is 1.86. The predicted molar refractivity (Wildman–Crippen MR) is 153 cm³/mol. The monoisotopic (exact) mass is 458 g/mol. The highest BCUT2D eigenvalue weighted by Gasteiger charge is 2.46. The van der Waals surface area contributed by atoms with Gasteiger partial charge in [0.15, 0.2) is 0 Å². The van der Waals surface area contributed by atoms with Crippen LogP contribution in [0.2, 0.25) is 0 Å².